The van der Waals surface area contributed by atoms with Crippen molar-refractivity contribution in [1.82, 2.24) is 0 Å². The maximum atomic E-state index is 12.3. The second kappa shape index (κ2) is 10.1. The molecule has 1 aliphatic carbocycles. The van der Waals surface area contributed by atoms with Gasteiger partial charge in [0.25, 0.3) is 0 Å². The average Bonchev–Trinajstić information content (AvgIpc) is 3.26. The van der Waals surface area contributed by atoms with Crippen LogP contribution < -0.4 is 4.74 Å². The van der Waals surface area contributed by atoms with Gasteiger partial charge in [-0.25, -0.2) is 4.79 Å². The van der Waals surface area contributed by atoms with Gasteiger partial charge >= 0.3 is 11.9 Å². The van der Waals surface area contributed by atoms with Gasteiger partial charge in [0.2, 0.25) is 0 Å². The van der Waals surface area contributed by atoms with E-state index in [-0.39, 0.29) is 17.4 Å². The summed E-state index contributed by atoms with van der Waals surface area (Å²) in [4.78, 5) is 23.9. The number of carbonyl (C=O) groups is 2. The van der Waals surface area contributed by atoms with Crippen molar-refractivity contribution in [3.63, 3.8) is 0 Å². The number of rotatable bonds is 6. The molecule has 0 spiro atoms. The molecule has 1 saturated carbocycles. The number of hydrogen-bond acceptors (Lipinski definition) is 9. The number of benzene rings is 1. The van der Waals surface area contributed by atoms with Crippen LogP contribution in [0.4, 0.5) is 0 Å². The molecule has 0 radical (unpaired) electrons. The molecule has 1 aromatic rings. The highest BCUT2D eigenvalue weighted by atomic mass is 16.7. The summed E-state index contributed by atoms with van der Waals surface area (Å²) in [6.45, 7) is 1.18. The topological polar surface area (TPSA) is 132 Å². The van der Waals surface area contributed by atoms with Crippen LogP contribution in [-0.2, 0) is 23.8 Å². The molecular weight excluding hydrogens is 408 g/mol. The van der Waals surface area contributed by atoms with E-state index in [9.17, 15) is 24.9 Å². The molecular formula is C22H28O9. The van der Waals surface area contributed by atoms with Crippen LogP contribution in [0.1, 0.15) is 38.2 Å². The molecule has 3 N–H and O–H groups in total. The lowest BCUT2D eigenvalue weighted by Gasteiger charge is -2.43. The van der Waals surface area contributed by atoms with Crippen LogP contribution in [0.3, 0.4) is 0 Å². The van der Waals surface area contributed by atoms with E-state index in [1.54, 1.807) is 6.07 Å². The molecule has 1 saturated heterocycles. The molecule has 0 aromatic heterocycles. The predicted molar refractivity (Wildman–Crippen MR) is 108 cm³/mol. The molecule has 5 atom stereocenters. The van der Waals surface area contributed by atoms with Gasteiger partial charge in [-0.1, -0.05) is 18.9 Å². The smallest absolute Gasteiger partial charge is 0.331 e. The predicted octanol–water partition coefficient (Wildman–Crippen LogP) is 1.53. The molecule has 1 aliphatic heterocycles. The lowest BCUT2D eigenvalue weighted by atomic mass is 9.88. The van der Waals surface area contributed by atoms with Crippen molar-refractivity contribution in [3.05, 3.63) is 29.8 Å². The Morgan fingerprint density at radius 3 is 2.48 bits per heavy atom. The molecule has 31 heavy (non-hydrogen) atoms. The molecule has 0 bridgehead atoms. The summed E-state index contributed by atoms with van der Waals surface area (Å²) >= 11 is 0. The van der Waals surface area contributed by atoms with Crippen LogP contribution in [0.25, 0.3) is 6.08 Å². The third kappa shape index (κ3) is 5.55. The Morgan fingerprint density at radius 1 is 1.13 bits per heavy atom. The molecule has 1 aromatic carbocycles. The molecule has 2 aliphatic rings. The fraction of sp³-hybridized carbons (Fsp3) is 0.545. The van der Waals surface area contributed by atoms with E-state index < -0.39 is 42.6 Å². The minimum Gasteiger partial charge on any atom is -0.504 e. The Hall–Kier alpha value is -2.62. The lowest BCUT2D eigenvalue weighted by molar-refractivity contribution is -0.296. The summed E-state index contributed by atoms with van der Waals surface area (Å²) in [5, 5.41) is 30.9. The van der Waals surface area contributed by atoms with Crippen LogP contribution in [-0.4, -0.2) is 65.1 Å². The quantitative estimate of drug-likeness (QED) is 0.449. The number of esters is 2. The van der Waals surface area contributed by atoms with Crippen molar-refractivity contribution in [2.75, 3.05) is 7.11 Å². The van der Waals surface area contributed by atoms with Gasteiger partial charge in [0.15, 0.2) is 30.0 Å². The van der Waals surface area contributed by atoms with E-state index in [4.69, 9.17) is 18.9 Å². The van der Waals surface area contributed by atoms with Crippen LogP contribution in [0, 0.1) is 5.92 Å². The summed E-state index contributed by atoms with van der Waals surface area (Å²) in [6, 6.07) is 4.51. The van der Waals surface area contributed by atoms with Crippen molar-refractivity contribution in [1.29, 1.82) is 0 Å². The molecule has 170 valence electrons. The van der Waals surface area contributed by atoms with Gasteiger partial charge in [-0.05, 0) is 42.5 Å². The van der Waals surface area contributed by atoms with Gasteiger partial charge in [-0.15, -0.1) is 0 Å². The summed E-state index contributed by atoms with van der Waals surface area (Å²) in [6.07, 6.45) is 0.0707. The highest BCUT2D eigenvalue weighted by Gasteiger charge is 2.51. The number of phenolic OH excluding ortho intramolecular Hbond substituents is 1. The SMILES string of the molecule is COc1cc(/C=C/C(=O)O[C@@H]2[C@H](OC(C)=O)[C@@H](O)[C@H](C3CCCC3)O[C@H]2O)ccc1O. The molecule has 3 rings (SSSR count). The number of aliphatic hydroxyl groups excluding tert-OH is 2. The molecule has 9 nitrogen and oxygen atoms in total. The maximum Gasteiger partial charge on any atom is 0.331 e. The minimum absolute atomic E-state index is 0.0312. The van der Waals surface area contributed by atoms with Gasteiger partial charge in [0.05, 0.1) is 13.2 Å². The fourth-order valence-corrected chi connectivity index (χ4v) is 4.13. The monoisotopic (exact) mass is 436 g/mol. The number of carbonyl (C=O) groups excluding carboxylic acids is 2. The van der Waals surface area contributed by atoms with Crippen LogP contribution in [0.5, 0.6) is 11.5 Å². The largest absolute Gasteiger partial charge is 0.504 e. The first-order valence-corrected chi connectivity index (χ1v) is 10.2. The Morgan fingerprint density at radius 2 is 1.84 bits per heavy atom. The zero-order valence-electron chi connectivity index (χ0n) is 17.5. The Balaban J connectivity index is 1.71. The van der Waals surface area contributed by atoms with Crippen molar-refractivity contribution in [2.45, 2.75) is 63.3 Å². The molecule has 0 unspecified atom stereocenters. The van der Waals surface area contributed by atoms with Crippen LogP contribution in [0.2, 0.25) is 0 Å². The minimum atomic E-state index is -1.55. The Kier molecular flexibility index (Phi) is 7.53. The third-order valence-electron chi connectivity index (χ3n) is 5.61. The molecule has 2 fully saturated rings. The van der Waals surface area contributed by atoms with E-state index in [1.165, 1.54) is 32.2 Å². The maximum absolute atomic E-state index is 12.3. The Bertz CT molecular complexity index is 815. The first-order valence-electron chi connectivity index (χ1n) is 10.2. The number of ether oxygens (including phenoxy) is 4. The Labute approximate surface area is 180 Å². The fourth-order valence-electron chi connectivity index (χ4n) is 4.13. The van der Waals surface area contributed by atoms with Crippen molar-refractivity contribution >= 4 is 18.0 Å². The molecule has 0 amide bonds. The average molecular weight is 436 g/mol. The van der Waals surface area contributed by atoms with Crippen LogP contribution >= 0.6 is 0 Å². The normalized spacial score (nSPS) is 29.1. The molecule has 1 heterocycles. The summed E-state index contributed by atoms with van der Waals surface area (Å²) < 4.78 is 21.1. The lowest BCUT2D eigenvalue weighted by Crippen LogP contribution is -2.61. The van der Waals surface area contributed by atoms with Gasteiger partial charge < -0.3 is 34.3 Å². The zero-order chi connectivity index (χ0) is 22.5. The van der Waals surface area contributed by atoms with Crippen molar-refractivity contribution in [3.8, 4) is 11.5 Å². The number of aliphatic hydroxyl groups is 2. The van der Waals surface area contributed by atoms with E-state index in [1.807, 2.05) is 0 Å². The summed E-state index contributed by atoms with van der Waals surface area (Å²) in [5.74, 6) is -1.27. The van der Waals surface area contributed by atoms with Crippen molar-refractivity contribution < 1.29 is 43.9 Å². The number of aromatic hydroxyl groups is 1. The standard InChI is InChI=1S/C22H28O9/c1-12(23)29-20-18(26)19(14-5-3-4-6-14)31-22(27)21(20)30-17(25)10-8-13-7-9-15(24)16(11-13)28-2/h7-11,14,18-22,24,26-27H,3-6H2,1-2H3/b10-8+/t18-,19-,20+,21+,22+/m0/s1. The van der Waals surface area contributed by atoms with Gasteiger partial charge in [0, 0.05) is 13.0 Å². The van der Waals surface area contributed by atoms with E-state index in [2.05, 4.69) is 0 Å². The van der Waals surface area contributed by atoms with E-state index >= 15 is 0 Å². The summed E-state index contributed by atoms with van der Waals surface area (Å²) in [5.41, 5.74) is 0.560. The number of hydrogen-bond donors (Lipinski definition) is 3. The van der Waals surface area contributed by atoms with Gasteiger partial charge in [-0.2, -0.15) is 0 Å². The third-order valence-corrected chi connectivity index (χ3v) is 5.61. The number of methoxy groups -OCH3 is 1. The highest BCUT2D eigenvalue weighted by Crippen LogP contribution is 2.36. The first kappa shape index (κ1) is 23.1. The second-order valence-electron chi connectivity index (χ2n) is 7.77. The summed E-state index contributed by atoms with van der Waals surface area (Å²) in [7, 11) is 1.40. The van der Waals surface area contributed by atoms with Gasteiger partial charge in [0.1, 0.15) is 6.10 Å². The van der Waals surface area contributed by atoms with Crippen LogP contribution in [0.15, 0.2) is 24.3 Å². The van der Waals surface area contributed by atoms with E-state index in [0.717, 1.165) is 31.8 Å². The second-order valence-corrected chi connectivity index (χ2v) is 7.77. The molecule has 9 heteroatoms. The van der Waals surface area contributed by atoms with Crippen molar-refractivity contribution in [2.24, 2.45) is 5.92 Å². The van der Waals surface area contributed by atoms with Gasteiger partial charge in [-0.3, -0.25) is 4.79 Å². The zero-order valence-corrected chi connectivity index (χ0v) is 17.5. The first-order chi connectivity index (χ1) is 14.8. The number of phenols is 1. The van der Waals surface area contributed by atoms with E-state index in [0.29, 0.717) is 5.56 Å². The highest BCUT2D eigenvalue weighted by molar-refractivity contribution is 5.87.